The largest absolute Gasteiger partial charge is 0.416 e. The van der Waals surface area contributed by atoms with Crippen LogP contribution in [0.2, 0.25) is 0 Å². The summed E-state index contributed by atoms with van der Waals surface area (Å²) in [6.45, 7) is 2.23. The molecular formula is C19H14BrF3N4O. The van der Waals surface area contributed by atoms with E-state index in [1.54, 1.807) is 29.2 Å². The summed E-state index contributed by atoms with van der Waals surface area (Å²) >= 11 is 3.32. The number of aromatic nitrogens is 3. The number of benzene rings is 1. The van der Waals surface area contributed by atoms with Crippen molar-refractivity contribution in [2.75, 3.05) is 11.4 Å². The Labute approximate surface area is 166 Å². The first-order valence-electron chi connectivity index (χ1n) is 8.44. The highest BCUT2D eigenvalue weighted by molar-refractivity contribution is 9.10. The molecule has 0 bridgehead atoms. The van der Waals surface area contributed by atoms with Crippen molar-refractivity contribution < 1.29 is 18.0 Å². The fourth-order valence-corrected chi connectivity index (χ4v) is 3.66. The Kier molecular flexibility index (Phi) is 4.49. The molecular weight excluding hydrogens is 437 g/mol. The van der Waals surface area contributed by atoms with Crippen LogP contribution in [0.25, 0.3) is 11.1 Å². The quantitative estimate of drug-likeness (QED) is 0.519. The Morgan fingerprint density at radius 1 is 1.18 bits per heavy atom. The van der Waals surface area contributed by atoms with Gasteiger partial charge in [-0.05, 0) is 64.8 Å². The number of pyridine rings is 1. The van der Waals surface area contributed by atoms with E-state index in [1.807, 2.05) is 6.92 Å². The van der Waals surface area contributed by atoms with E-state index in [2.05, 4.69) is 26.0 Å². The van der Waals surface area contributed by atoms with Gasteiger partial charge in [0.1, 0.15) is 10.3 Å². The number of hydrogen-bond acceptors (Lipinski definition) is 3. The Hall–Kier alpha value is -2.68. The molecule has 5 nitrogen and oxygen atoms in total. The third-order valence-electron chi connectivity index (χ3n) is 4.65. The molecule has 0 N–H and O–H groups in total. The van der Waals surface area contributed by atoms with Gasteiger partial charge in [0.25, 0.3) is 5.91 Å². The number of fused-ring (bicyclic) bond motifs is 1. The summed E-state index contributed by atoms with van der Waals surface area (Å²) in [5, 5.41) is 4.35. The molecule has 3 heterocycles. The molecule has 2 aromatic heterocycles. The van der Waals surface area contributed by atoms with Crippen molar-refractivity contribution >= 4 is 27.5 Å². The third-order valence-corrected chi connectivity index (χ3v) is 5.09. The zero-order valence-corrected chi connectivity index (χ0v) is 16.2. The normalized spacial score (nSPS) is 17.0. The van der Waals surface area contributed by atoms with Crippen LogP contribution in [0.1, 0.15) is 29.0 Å². The summed E-state index contributed by atoms with van der Waals surface area (Å²) in [5.74, 6) is -0.307. The second kappa shape index (κ2) is 6.73. The molecule has 0 spiro atoms. The van der Waals surface area contributed by atoms with Crippen LogP contribution in [0.3, 0.4) is 0 Å². The molecule has 0 saturated carbocycles. The number of rotatable bonds is 2. The van der Waals surface area contributed by atoms with Gasteiger partial charge in [-0.15, -0.1) is 0 Å². The Morgan fingerprint density at radius 3 is 2.54 bits per heavy atom. The highest BCUT2D eigenvalue weighted by Gasteiger charge is 2.35. The Balaban J connectivity index is 1.75. The fourth-order valence-electron chi connectivity index (χ4n) is 3.30. The Bertz CT molecular complexity index is 1050. The third kappa shape index (κ3) is 3.19. The maximum Gasteiger partial charge on any atom is 0.416 e. The molecule has 1 aromatic carbocycles. The van der Waals surface area contributed by atoms with Crippen molar-refractivity contribution in [3.8, 4) is 11.1 Å². The van der Waals surface area contributed by atoms with Crippen molar-refractivity contribution in [1.29, 1.82) is 0 Å². The predicted molar refractivity (Wildman–Crippen MR) is 101 cm³/mol. The molecule has 1 amide bonds. The zero-order valence-electron chi connectivity index (χ0n) is 14.6. The summed E-state index contributed by atoms with van der Waals surface area (Å²) in [6, 6.07) is 8.05. The first kappa shape index (κ1) is 18.7. The SMILES string of the molecule is C[C@H]1CN(c2ccc(C(F)(F)F)cc2)C(=O)c2c(-c3ccnc(Br)c3)cnn21. The van der Waals surface area contributed by atoms with Gasteiger partial charge in [-0.1, -0.05) is 0 Å². The molecule has 3 aromatic rings. The lowest BCUT2D eigenvalue weighted by Crippen LogP contribution is -2.42. The second-order valence-corrected chi connectivity index (χ2v) is 7.34. The number of alkyl halides is 3. The average molecular weight is 451 g/mol. The number of carbonyl (C=O) groups is 1. The minimum atomic E-state index is -4.42. The number of carbonyl (C=O) groups excluding carboxylic acids is 1. The van der Waals surface area contributed by atoms with E-state index in [-0.39, 0.29) is 11.9 Å². The van der Waals surface area contributed by atoms with Crippen LogP contribution in [-0.4, -0.2) is 27.2 Å². The molecule has 0 unspecified atom stereocenters. The van der Waals surface area contributed by atoms with E-state index in [0.717, 1.165) is 17.7 Å². The van der Waals surface area contributed by atoms with Crippen LogP contribution in [0.4, 0.5) is 18.9 Å². The minimum Gasteiger partial charge on any atom is -0.305 e. The van der Waals surface area contributed by atoms with Crippen LogP contribution in [0.5, 0.6) is 0 Å². The molecule has 1 aliphatic heterocycles. The molecule has 0 radical (unpaired) electrons. The molecule has 28 heavy (non-hydrogen) atoms. The standard InChI is InChI=1S/C19H14BrF3N4O/c1-11-10-26(14-4-2-13(3-5-14)19(21,22)23)18(28)17-15(9-25-27(11)17)12-6-7-24-16(20)8-12/h2-9,11H,10H2,1H3/t11-/m0/s1. The van der Waals surface area contributed by atoms with Crippen molar-refractivity contribution in [2.24, 2.45) is 0 Å². The van der Waals surface area contributed by atoms with Gasteiger partial charge >= 0.3 is 6.18 Å². The number of halogens is 4. The summed E-state index contributed by atoms with van der Waals surface area (Å²) in [7, 11) is 0. The maximum absolute atomic E-state index is 13.2. The van der Waals surface area contributed by atoms with Crippen LogP contribution in [-0.2, 0) is 6.18 Å². The van der Waals surface area contributed by atoms with Gasteiger partial charge in [0.05, 0.1) is 17.8 Å². The van der Waals surface area contributed by atoms with Gasteiger partial charge in [-0.2, -0.15) is 18.3 Å². The number of amides is 1. The van der Waals surface area contributed by atoms with Gasteiger partial charge in [0.15, 0.2) is 0 Å². The van der Waals surface area contributed by atoms with E-state index in [4.69, 9.17) is 0 Å². The van der Waals surface area contributed by atoms with Crippen LogP contribution in [0, 0.1) is 0 Å². The Morgan fingerprint density at radius 2 is 1.89 bits per heavy atom. The average Bonchev–Trinajstić information content (AvgIpc) is 3.10. The first-order chi connectivity index (χ1) is 13.3. The van der Waals surface area contributed by atoms with Gasteiger partial charge in [-0.3, -0.25) is 9.48 Å². The molecule has 0 saturated heterocycles. The molecule has 0 fully saturated rings. The zero-order chi connectivity index (χ0) is 20.1. The van der Waals surface area contributed by atoms with Crippen molar-refractivity contribution in [1.82, 2.24) is 14.8 Å². The van der Waals surface area contributed by atoms with E-state index in [0.29, 0.717) is 28.1 Å². The lowest BCUT2D eigenvalue weighted by molar-refractivity contribution is -0.137. The smallest absolute Gasteiger partial charge is 0.305 e. The highest BCUT2D eigenvalue weighted by atomic mass is 79.9. The summed E-state index contributed by atoms with van der Waals surface area (Å²) in [5.41, 5.74) is 1.49. The number of nitrogens with zero attached hydrogens (tertiary/aromatic N) is 4. The van der Waals surface area contributed by atoms with Gasteiger partial charge in [0.2, 0.25) is 0 Å². The van der Waals surface area contributed by atoms with Crippen LogP contribution >= 0.6 is 15.9 Å². The van der Waals surface area contributed by atoms with Crippen LogP contribution < -0.4 is 4.90 Å². The van der Waals surface area contributed by atoms with Gasteiger partial charge in [0, 0.05) is 24.0 Å². The van der Waals surface area contributed by atoms with Crippen molar-refractivity contribution in [2.45, 2.75) is 19.1 Å². The molecule has 1 atom stereocenters. The van der Waals surface area contributed by atoms with Crippen molar-refractivity contribution in [3.05, 3.63) is 64.7 Å². The van der Waals surface area contributed by atoms with Gasteiger partial charge < -0.3 is 4.90 Å². The molecule has 4 rings (SSSR count). The van der Waals surface area contributed by atoms with Gasteiger partial charge in [-0.25, -0.2) is 4.98 Å². The summed E-state index contributed by atoms with van der Waals surface area (Å²) in [4.78, 5) is 18.8. The summed E-state index contributed by atoms with van der Waals surface area (Å²) in [6.07, 6.45) is -1.17. The van der Waals surface area contributed by atoms with Crippen molar-refractivity contribution in [3.63, 3.8) is 0 Å². The summed E-state index contributed by atoms with van der Waals surface area (Å²) < 4.78 is 40.8. The minimum absolute atomic E-state index is 0.131. The fraction of sp³-hybridized carbons (Fsp3) is 0.211. The lowest BCUT2D eigenvalue weighted by Gasteiger charge is -2.32. The van der Waals surface area contributed by atoms with Crippen LogP contribution in [0.15, 0.2) is 53.4 Å². The second-order valence-electron chi connectivity index (χ2n) is 6.53. The maximum atomic E-state index is 13.2. The highest BCUT2D eigenvalue weighted by Crippen LogP contribution is 2.35. The predicted octanol–water partition coefficient (Wildman–Crippen LogP) is 4.95. The van der Waals surface area contributed by atoms with E-state index >= 15 is 0 Å². The lowest BCUT2D eigenvalue weighted by atomic mass is 10.0. The van der Waals surface area contributed by atoms with E-state index < -0.39 is 11.7 Å². The van der Waals surface area contributed by atoms with E-state index in [9.17, 15) is 18.0 Å². The molecule has 1 aliphatic rings. The monoisotopic (exact) mass is 450 g/mol. The molecule has 144 valence electrons. The number of hydrogen-bond donors (Lipinski definition) is 0. The first-order valence-corrected chi connectivity index (χ1v) is 9.23. The molecule has 9 heteroatoms. The molecule has 0 aliphatic carbocycles. The van der Waals surface area contributed by atoms with E-state index in [1.165, 1.54) is 17.0 Å². The number of anilines is 1. The topological polar surface area (TPSA) is 51.0 Å².